The molecular weight excluding hydrogens is 489 g/mol. The van der Waals surface area contributed by atoms with Gasteiger partial charge in [0.25, 0.3) is 0 Å². The summed E-state index contributed by atoms with van der Waals surface area (Å²) in [7, 11) is 1.06. The lowest BCUT2D eigenvalue weighted by Crippen LogP contribution is -2.46. The molecule has 1 aliphatic heterocycles. The molecule has 0 radical (unpaired) electrons. The van der Waals surface area contributed by atoms with Crippen molar-refractivity contribution in [2.24, 2.45) is 4.99 Å². The van der Waals surface area contributed by atoms with Gasteiger partial charge in [0.15, 0.2) is 17.5 Å². The van der Waals surface area contributed by atoms with Gasteiger partial charge in [-0.2, -0.15) is 0 Å². The van der Waals surface area contributed by atoms with Crippen LogP contribution in [0.5, 0.6) is 11.5 Å². The highest BCUT2D eigenvalue weighted by Gasteiger charge is 2.26. The third-order valence-corrected chi connectivity index (χ3v) is 6.89. The molecule has 0 spiro atoms. The minimum atomic E-state index is -0.718. The predicted molar refractivity (Wildman–Crippen MR) is 126 cm³/mol. The Bertz CT molecular complexity index is 687. The smallest absolute Gasteiger partial charge is 0.191 e. The van der Waals surface area contributed by atoms with Gasteiger partial charge in [-0.25, -0.2) is 0 Å². The van der Waals surface area contributed by atoms with Crippen molar-refractivity contribution in [3.05, 3.63) is 23.8 Å². The normalized spacial score (nSPS) is 23.1. The summed E-state index contributed by atoms with van der Waals surface area (Å²) in [5.74, 6) is 3.15. The van der Waals surface area contributed by atoms with Crippen LogP contribution in [0.2, 0.25) is 0 Å². The van der Waals surface area contributed by atoms with E-state index in [1.165, 1.54) is 0 Å². The summed E-state index contributed by atoms with van der Waals surface area (Å²) in [6.45, 7) is 3.98. The number of hydrogen-bond donors (Lipinski definition) is 2. The van der Waals surface area contributed by atoms with Crippen LogP contribution in [0.3, 0.4) is 0 Å². The number of hydrogen-bond acceptors (Lipinski definition) is 4. The summed E-state index contributed by atoms with van der Waals surface area (Å²) in [6, 6.07) is 6.31. The molecule has 158 valence electrons. The summed E-state index contributed by atoms with van der Waals surface area (Å²) < 4.78 is 23.8. The Kier molecular flexibility index (Phi) is 9.84. The molecule has 3 unspecified atom stereocenters. The van der Waals surface area contributed by atoms with Crippen molar-refractivity contribution in [3.63, 3.8) is 0 Å². The van der Waals surface area contributed by atoms with Crippen LogP contribution in [0.15, 0.2) is 23.2 Å². The zero-order valence-corrected chi connectivity index (χ0v) is 19.9. The molecule has 3 atom stereocenters. The van der Waals surface area contributed by atoms with Crippen molar-refractivity contribution in [1.29, 1.82) is 0 Å². The highest BCUT2D eigenvalue weighted by Crippen LogP contribution is 2.33. The van der Waals surface area contributed by atoms with Crippen LogP contribution in [0.4, 0.5) is 0 Å². The van der Waals surface area contributed by atoms with Gasteiger partial charge < -0.3 is 20.1 Å². The van der Waals surface area contributed by atoms with E-state index in [4.69, 9.17) is 9.47 Å². The summed E-state index contributed by atoms with van der Waals surface area (Å²) >= 11 is 0. The van der Waals surface area contributed by atoms with E-state index in [9.17, 15) is 4.21 Å². The van der Waals surface area contributed by atoms with E-state index in [1.807, 2.05) is 19.1 Å². The molecule has 0 saturated heterocycles. The van der Waals surface area contributed by atoms with Crippen LogP contribution < -0.4 is 20.1 Å². The second-order valence-electron chi connectivity index (χ2n) is 7.02. The van der Waals surface area contributed by atoms with Crippen molar-refractivity contribution in [2.75, 3.05) is 26.0 Å². The van der Waals surface area contributed by atoms with Crippen LogP contribution in [0.1, 0.15) is 44.6 Å². The average molecular weight is 521 g/mol. The number of ether oxygens (including phenoxy) is 2. The molecule has 0 aromatic heterocycles. The molecule has 0 bridgehead atoms. The maximum atomic E-state index is 12.2. The number of benzene rings is 1. The summed E-state index contributed by atoms with van der Waals surface area (Å²) in [5, 5.41) is 7.20. The van der Waals surface area contributed by atoms with Gasteiger partial charge in [-0.1, -0.05) is 25.5 Å². The first kappa shape index (κ1) is 23.3. The monoisotopic (exact) mass is 521 g/mol. The van der Waals surface area contributed by atoms with Crippen molar-refractivity contribution in [2.45, 2.75) is 56.9 Å². The van der Waals surface area contributed by atoms with Crippen LogP contribution in [-0.2, 0) is 17.3 Å². The van der Waals surface area contributed by atoms with E-state index in [0.29, 0.717) is 31.1 Å². The minimum Gasteiger partial charge on any atom is -0.490 e. The van der Waals surface area contributed by atoms with E-state index in [-0.39, 0.29) is 24.0 Å². The molecule has 2 aliphatic rings. The lowest BCUT2D eigenvalue weighted by Gasteiger charge is -2.30. The van der Waals surface area contributed by atoms with Crippen LogP contribution >= 0.6 is 24.0 Å². The Morgan fingerprint density at radius 2 is 2.07 bits per heavy atom. The van der Waals surface area contributed by atoms with Crippen LogP contribution in [0.25, 0.3) is 0 Å². The van der Waals surface area contributed by atoms with Crippen molar-refractivity contribution >= 4 is 40.7 Å². The molecule has 1 saturated carbocycles. The molecule has 1 aromatic carbocycles. The quantitative estimate of drug-likeness (QED) is 0.354. The van der Waals surface area contributed by atoms with E-state index in [0.717, 1.165) is 60.9 Å². The second-order valence-corrected chi connectivity index (χ2v) is 9.03. The first-order valence-corrected chi connectivity index (χ1v) is 11.3. The Labute approximate surface area is 187 Å². The van der Waals surface area contributed by atoms with E-state index in [2.05, 4.69) is 21.7 Å². The zero-order chi connectivity index (χ0) is 19.1. The van der Waals surface area contributed by atoms with Gasteiger partial charge >= 0.3 is 0 Å². The Hall–Kier alpha value is -1.03. The van der Waals surface area contributed by atoms with Gasteiger partial charge in [0, 0.05) is 53.4 Å². The van der Waals surface area contributed by atoms with Crippen molar-refractivity contribution in [1.82, 2.24) is 10.6 Å². The minimum absolute atomic E-state index is 0. The van der Waals surface area contributed by atoms with Gasteiger partial charge in [-0.05, 0) is 25.3 Å². The standard InChI is InChI=1S/C20H31N3O3S.HI/c1-3-27(24)17-9-5-8-16(13-17)23-20(21-2)22-14-15-7-4-10-18-19(15)26-12-6-11-25-18;/h4,7,10,16-17H,3,5-6,8-9,11-14H2,1-2H3,(H2,21,22,23);1H. The van der Waals surface area contributed by atoms with Gasteiger partial charge in [0.2, 0.25) is 0 Å². The lowest BCUT2D eigenvalue weighted by atomic mass is 9.95. The number of fused-ring (bicyclic) bond motifs is 1. The molecule has 3 rings (SSSR count). The number of halogens is 1. The Balaban J connectivity index is 0.00000280. The highest BCUT2D eigenvalue weighted by atomic mass is 127. The van der Waals surface area contributed by atoms with E-state index < -0.39 is 10.8 Å². The predicted octanol–water partition coefficient (Wildman–Crippen LogP) is 3.21. The van der Waals surface area contributed by atoms with E-state index in [1.54, 1.807) is 7.05 Å². The summed E-state index contributed by atoms with van der Waals surface area (Å²) in [4.78, 5) is 4.36. The van der Waals surface area contributed by atoms with Crippen molar-refractivity contribution in [3.8, 4) is 11.5 Å². The first-order valence-electron chi connectivity index (χ1n) is 9.93. The fourth-order valence-corrected chi connectivity index (χ4v) is 5.06. The zero-order valence-electron chi connectivity index (χ0n) is 16.7. The molecule has 1 aromatic rings. The average Bonchev–Trinajstić information content (AvgIpc) is 2.96. The van der Waals surface area contributed by atoms with Gasteiger partial charge in [-0.15, -0.1) is 24.0 Å². The molecule has 28 heavy (non-hydrogen) atoms. The number of nitrogens with one attached hydrogen (secondary N) is 2. The Morgan fingerprint density at radius 1 is 1.25 bits per heavy atom. The molecule has 1 heterocycles. The number of guanidine groups is 1. The number of aliphatic imine (C=N–C) groups is 1. The third kappa shape index (κ3) is 6.23. The lowest BCUT2D eigenvalue weighted by molar-refractivity contribution is 0.296. The number of para-hydroxylation sites is 1. The van der Waals surface area contributed by atoms with Crippen LogP contribution in [-0.4, -0.2) is 47.5 Å². The fourth-order valence-electron chi connectivity index (χ4n) is 3.71. The molecule has 6 nitrogen and oxygen atoms in total. The van der Waals surface area contributed by atoms with Crippen LogP contribution in [0, 0.1) is 0 Å². The molecule has 1 fully saturated rings. The van der Waals surface area contributed by atoms with Gasteiger partial charge in [0.1, 0.15) is 0 Å². The van der Waals surface area contributed by atoms with Gasteiger partial charge in [-0.3, -0.25) is 9.20 Å². The summed E-state index contributed by atoms with van der Waals surface area (Å²) in [5.41, 5.74) is 1.06. The SMILES string of the molecule is CCS(=O)C1CCCC(NC(=NC)NCc2cccc3c2OCCCO3)C1.I. The maximum Gasteiger partial charge on any atom is 0.191 e. The largest absolute Gasteiger partial charge is 0.490 e. The fraction of sp³-hybridized carbons (Fsp3) is 0.650. The Morgan fingerprint density at radius 3 is 2.86 bits per heavy atom. The number of nitrogens with zero attached hydrogens (tertiary/aromatic N) is 1. The highest BCUT2D eigenvalue weighted by molar-refractivity contribution is 14.0. The third-order valence-electron chi connectivity index (χ3n) is 5.15. The molecule has 1 aliphatic carbocycles. The van der Waals surface area contributed by atoms with Crippen molar-refractivity contribution < 1.29 is 13.7 Å². The summed E-state index contributed by atoms with van der Waals surface area (Å²) in [6.07, 6.45) is 5.11. The first-order chi connectivity index (χ1) is 13.2. The molecule has 8 heteroatoms. The molecule has 0 amide bonds. The molecular formula is C20H32IN3O3S. The topological polar surface area (TPSA) is 72.0 Å². The molecule has 2 N–H and O–H groups in total. The maximum absolute atomic E-state index is 12.2. The van der Waals surface area contributed by atoms with Gasteiger partial charge in [0.05, 0.1) is 13.2 Å². The van der Waals surface area contributed by atoms with E-state index >= 15 is 0 Å². The number of rotatable bonds is 5. The second kappa shape index (κ2) is 11.8.